The van der Waals surface area contributed by atoms with Crippen LogP contribution in [-0.2, 0) is 0 Å². The lowest BCUT2D eigenvalue weighted by molar-refractivity contribution is 0.577. The maximum Gasteiger partial charge on any atom is 0.141 e. The molecular weight excluding hydrogens is 246 g/mol. The Morgan fingerprint density at radius 1 is 1.00 bits per heavy atom. The molecule has 0 aliphatic heterocycles. The zero-order chi connectivity index (χ0) is 13.2. The summed E-state index contributed by atoms with van der Waals surface area (Å²) in [6.07, 6.45) is 1.70. The highest BCUT2D eigenvalue weighted by Gasteiger charge is 2.04. The van der Waals surface area contributed by atoms with E-state index >= 15 is 0 Å². The van der Waals surface area contributed by atoms with Gasteiger partial charge in [-0.25, -0.2) is 8.78 Å². The van der Waals surface area contributed by atoms with Gasteiger partial charge in [0.05, 0.1) is 17.3 Å². The molecule has 0 unspecified atom stereocenters. The molecule has 0 saturated heterocycles. The molecule has 0 saturated carbocycles. The van der Waals surface area contributed by atoms with Gasteiger partial charge >= 0.3 is 0 Å². The number of aromatic amines is 1. The summed E-state index contributed by atoms with van der Waals surface area (Å²) in [5, 5.41) is 7.67. The minimum absolute atomic E-state index is 0.216. The Morgan fingerprint density at radius 2 is 1.79 bits per heavy atom. The van der Waals surface area contributed by atoms with Crippen LogP contribution >= 0.6 is 0 Å². The molecule has 2 nitrogen and oxygen atoms in total. The summed E-state index contributed by atoms with van der Waals surface area (Å²) >= 11 is 0. The molecule has 92 valence electrons. The van der Waals surface area contributed by atoms with Crippen molar-refractivity contribution in [1.29, 1.82) is 0 Å². The van der Waals surface area contributed by atoms with E-state index < -0.39 is 11.6 Å². The first-order chi connectivity index (χ1) is 9.24. The number of aromatic nitrogens is 2. The van der Waals surface area contributed by atoms with Crippen molar-refractivity contribution in [3.8, 4) is 11.8 Å². The number of nitrogens with zero attached hydrogens (tertiary/aromatic N) is 1. The van der Waals surface area contributed by atoms with Gasteiger partial charge in [-0.1, -0.05) is 17.9 Å². The SMILES string of the molecule is Fc1cccc(F)c1C#Cc1ccc2cn[nH]c2c1. The fourth-order valence-corrected chi connectivity index (χ4v) is 1.77. The van der Waals surface area contributed by atoms with Crippen LogP contribution in [0.15, 0.2) is 42.6 Å². The summed E-state index contributed by atoms with van der Waals surface area (Å²) in [4.78, 5) is 0. The van der Waals surface area contributed by atoms with E-state index in [2.05, 4.69) is 22.0 Å². The third-order valence-corrected chi connectivity index (χ3v) is 2.74. The summed E-state index contributed by atoms with van der Waals surface area (Å²) in [7, 11) is 0. The van der Waals surface area contributed by atoms with Crippen LogP contribution in [0.3, 0.4) is 0 Å². The van der Waals surface area contributed by atoms with Crippen molar-refractivity contribution in [2.75, 3.05) is 0 Å². The second-order valence-electron chi connectivity index (χ2n) is 4.02. The molecule has 0 atom stereocenters. The van der Waals surface area contributed by atoms with E-state index in [0.29, 0.717) is 5.56 Å². The number of nitrogens with one attached hydrogen (secondary N) is 1. The Morgan fingerprint density at radius 3 is 2.58 bits per heavy atom. The minimum atomic E-state index is -0.657. The second-order valence-corrected chi connectivity index (χ2v) is 4.02. The van der Waals surface area contributed by atoms with Gasteiger partial charge in [-0.15, -0.1) is 0 Å². The zero-order valence-corrected chi connectivity index (χ0v) is 9.74. The molecule has 0 bridgehead atoms. The van der Waals surface area contributed by atoms with E-state index in [0.717, 1.165) is 10.9 Å². The summed E-state index contributed by atoms with van der Waals surface area (Å²) in [6.45, 7) is 0. The molecule has 1 aromatic heterocycles. The zero-order valence-electron chi connectivity index (χ0n) is 9.74. The Balaban J connectivity index is 2.03. The predicted octanol–water partition coefficient (Wildman–Crippen LogP) is 3.24. The van der Waals surface area contributed by atoms with Gasteiger partial charge in [0.15, 0.2) is 0 Å². The lowest BCUT2D eigenvalue weighted by Gasteiger charge is -1.95. The van der Waals surface area contributed by atoms with Crippen LogP contribution in [0.5, 0.6) is 0 Å². The molecule has 0 spiro atoms. The average Bonchev–Trinajstić information content (AvgIpc) is 2.85. The predicted molar refractivity (Wildman–Crippen MR) is 68.4 cm³/mol. The molecule has 3 aromatic rings. The van der Waals surface area contributed by atoms with E-state index in [1.165, 1.54) is 18.2 Å². The van der Waals surface area contributed by atoms with Crippen LogP contribution in [0.25, 0.3) is 10.9 Å². The van der Waals surface area contributed by atoms with E-state index in [4.69, 9.17) is 0 Å². The molecule has 2 aromatic carbocycles. The molecule has 0 radical (unpaired) electrons. The number of rotatable bonds is 0. The lowest BCUT2D eigenvalue weighted by atomic mass is 10.1. The van der Waals surface area contributed by atoms with E-state index in [1.54, 1.807) is 18.3 Å². The third kappa shape index (κ3) is 2.18. The Kier molecular flexibility index (Phi) is 2.73. The van der Waals surface area contributed by atoms with Gasteiger partial charge in [-0.2, -0.15) is 5.10 Å². The van der Waals surface area contributed by atoms with Crippen LogP contribution in [-0.4, -0.2) is 10.2 Å². The molecule has 4 heteroatoms. The molecule has 1 N–H and O–H groups in total. The topological polar surface area (TPSA) is 28.7 Å². The van der Waals surface area contributed by atoms with Crippen molar-refractivity contribution < 1.29 is 8.78 Å². The van der Waals surface area contributed by atoms with Crippen molar-refractivity contribution in [1.82, 2.24) is 10.2 Å². The Bertz CT molecular complexity index is 789. The van der Waals surface area contributed by atoms with Gasteiger partial charge in [0, 0.05) is 10.9 Å². The highest BCUT2D eigenvalue weighted by atomic mass is 19.1. The standard InChI is InChI=1S/C15H8F2N2/c16-13-2-1-3-14(17)12(13)7-5-10-4-6-11-9-18-19-15(11)8-10/h1-4,6,8-9H,(H,18,19). The highest BCUT2D eigenvalue weighted by Crippen LogP contribution is 2.13. The molecular formula is C15H8F2N2. The van der Waals surface area contributed by atoms with Gasteiger partial charge in [0.25, 0.3) is 0 Å². The van der Waals surface area contributed by atoms with Crippen molar-refractivity contribution >= 4 is 10.9 Å². The largest absolute Gasteiger partial charge is 0.278 e. The quantitative estimate of drug-likeness (QED) is 0.613. The first-order valence-corrected chi connectivity index (χ1v) is 5.63. The fraction of sp³-hybridized carbons (Fsp3) is 0. The average molecular weight is 254 g/mol. The maximum atomic E-state index is 13.4. The molecule has 0 amide bonds. The van der Waals surface area contributed by atoms with E-state index in [9.17, 15) is 8.78 Å². The third-order valence-electron chi connectivity index (χ3n) is 2.74. The van der Waals surface area contributed by atoms with Crippen LogP contribution in [0.1, 0.15) is 11.1 Å². The molecule has 1 heterocycles. The molecule has 3 rings (SSSR count). The minimum Gasteiger partial charge on any atom is -0.278 e. The Hall–Kier alpha value is -2.67. The van der Waals surface area contributed by atoms with Crippen molar-refractivity contribution in [3.05, 3.63) is 65.4 Å². The second kappa shape index (κ2) is 4.54. The number of benzene rings is 2. The van der Waals surface area contributed by atoms with Gasteiger partial charge in [0.1, 0.15) is 11.6 Å². The van der Waals surface area contributed by atoms with E-state index in [-0.39, 0.29) is 5.56 Å². The maximum absolute atomic E-state index is 13.4. The van der Waals surface area contributed by atoms with Crippen molar-refractivity contribution in [3.63, 3.8) is 0 Å². The monoisotopic (exact) mass is 254 g/mol. The summed E-state index contributed by atoms with van der Waals surface area (Å²) < 4.78 is 26.8. The Labute approximate surface area is 108 Å². The molecule has 0 aliphatic rings. The number of hydrogen-bond acceptors (Lipinski definition) is 1. The molecule has 19 heavy (non-hydrogen) atoms. The molecule has 0 fully saturated rings. The lowest BCUT2D eigenvalue weighted by Crippen LogP contribution is -1.88. The normalized spacial score (nSPS) is 10.2. The van der Waals surface area contributed by atoms with Crippen LogP contribution in [0, 0.1) is 23.5 Å². The molecule has 0 aliphatic carbocycles. The van der Waals surface area contributed by atoms with Gasteiger partial charge < -0.3 is 0 Å². The number of halogens is 2. The van der Waals surface area contributed by atoms with Gasteiger partial charge in [0.2, 0.25) is 0 Å². The van der Waals surface area contributed by atoms with Gasteiger partial charge in [-0.3, -0.25) is 5.10 Å². The van der Waals surface area contributed by atoms with Crippen molar-refractivity contribution in [2.24, 2.45) is 0 Å². The number of H-pyrrole nitrogens is 1. The summed E-state index contributed by atoms with van der Waals surface area (Å²) in [6, 6.07) is 9.10. The first-order valence-electron chi connectivity index (χ1n) is 5.63. The highest BCUT2D eigenvalue weighted by molar-refractivity contribution is 5.79. The first kappa shape index (κ1) is 11.4. The van der Waals surface area contributed by atoms with Crippen LogP contribution in [0.4, 0.5) is 8.78 Å². The summed E-state index contributed by atoms with van der Waals surface area (Å²) in [5.74, 6) is 3.95. The number of fused-ring (bicyclic) bond motifs is 1. The van der Waals surface area contributed by atoms with E-state index in [1.807, 2.05) is 6.07 Å². The smallest absolute Gasteiger partial charge is 0.141 e. The number of hydrogen-bond donors (Lipinski definition) is 1. The summed E-state index contributed by atoms with van der Waals surface area (Å²) in [5.41, 5.74) is 1.28. The van der Waals surface area contributed by atoms with Gasteiger partial charge in [-0.05, 0) is 30.3 Å². The fourth-order valence-electron chi connectivity index (χ4n) is 1.77. The van der Waals surface area contributed by atoms with Crippen LogP contribution in [0.2, 0.25) is 0 Å². The van der Waals surface area contributed by atoms with Crippen LogP contribution < -0.4 is 0 Å². The van der Waals surface area contributed by atoms with Crippen molar-refractivity contribution in [2.45, 2.75) is 0 Å².